The van der Waals surface area contributed by atoms with Crippen molar-refractivity contribution in [1.82, 2.24) is 5.32 Å². The number of anilines is 1. The number of nitro groups is 1. The van der Waals surface area contributed by atoms with Gasteiger partial charge in [-0.3, -0.25) is 25.0 Å². The van der Waals surface area contributed by atoms with Gasteiger partial charge in [0.2, 0.25) is 5.91 Å². The fraction of sp³-hybridized carbons (Fsp3) is 0.176. The summed E-state index contributed by atoms with van der Waals surface area (Å²) in [6, 6.07) is 13.7. The number of amides is 1. The number of hydrogen-bond donors (Lipinski definition) is 3. The largest absolute Gasteiger partial charge is 0.480 e. The van der Waals surface area contributed by atoms with Gasteiger partial charge in [-0.25, -0.2) is 0 Å². The zero-order chi connectivity index (χ0) is 18.2. The van der Waals surface area contributed by atoms with Gasteiger partial charge in [0, 0.05) is 12.6 Å². The Labute approximate surface area is 143 Å². The lowest BCUT2D eigenvalue weighted by molar-refractivity contribution is -0.383. The number of carboxylic acid groups (broad SMARTS) is 1. The van der Waals surface area contributed by atoms with Gasteiger partial charge in [0.05, 0.1) is 11.3 Å². The van der Waals surface area contributed by atoms with Gasteiger partial charge in [0.25, 0.3) is 5.69 Å². The fourth-order valence-corrected chi connectivity index (χ4v) is 2.21. The summed E-state index contributed by atoms with van der Waals surface area (Å²) >= 11 is 0. The summed E-state index contributed by atoms with van der Waals surface area (Å²) < 4.78 is 0. The molecule has 0 radical (unpaired) electrons. The monoisotopic (exact) mass is 343 g/mol. The lowest BCUT2D eigenvalue weighted by Crippen LogP contribution is -2.39. The van der Waals surface area contributed by atoms with Crippen molar-refractivity contribution in [3.8, 4) is 0 Å². The number of carboxylic acids is 1. The molecule has 2 aromatic rings. The Morgan fingerprint density at radius 3 is 2.36 bits per heavy atom. The van der Waals surface area contributed by atoms with E-state index in [-0.39, 0.29) is 24.3 Å². The van der Waals surface area contributed by atoms with E-state index in [0.717, 1.165) is 5.56 Å². The number of rotatable bonds is 8. The summed E-state index contributed by atoms with van der Waals surface area (Å²) in [4.78, 5) is 33.7. The lowest BCUT2D eigenvalue weighted by Gasteiger charge is -2.14. The molecule has 0 aliphatic heterocycles. The minimum Gasteiger partial charge on any atom is -0.480 e. The van der Waals surface area contributed by atoms with Crippen LogP contribution in [0.1, 0.15) is 12.0 Å². The van der Waals surface area contributed by atoms with Gasteiger partial charge in [-0.1, -0.05) is 42.5 Å². The second-order valence-electron chi connectivity index (χ2n) is 5.28. The van der Waals surface area contributed by atoms with E-state index in [1.165, 1.54) is 18.2 Å². The summed E-state index contributed by atoms with van der Waals surface area (Å²) in [5, 5.41) is 25.4. The first-order valence-electron chi connectivity index (χ1n) is 7.50. The van der Waals surface area contributed by atoms with Crippen LogP contribution in [0.25, 0.3) is 0 Å². The number of aliphatic carboxylic acids is 1. The van der Waals surface area contributed by atoms with E-state index < -0.39 is 22.8 Å². The molecule has 0 aliphatic rings. The number of hydrogen-bond acceptors (Lipinski definition) is 5. The Balaban J connectivity index is 1.98. The van der Waals surface area contributed by atoms with Gasteiger partial charge >= 0.3 is 5.97 Å². The molecule has 0 saturated heterocycles. The average molecular weight is 343 g/mol. The van der Waals surface area contributed by atoms with Crippen molar-refractivity contribution in [2.45, 2.75) is 19.0 Å². The molecule has 1 atom stereocenters. The molecule has 1 unspecified atom stereocenters. The molecule has 0 fully saturated rings. The average Bonchev–Trinajstić information content (AvgIpc) is 2.59. The van der Waals surface area contributed by atoms with E-state index in [1.54, 1.807) is 6.07 Å². The molecule has 0 heterocycles. The van der Waals surface area contributed by atoms with E-state index in [4.69, 9.17) is 0 Å². The Hall–Kier alpha value is -3.26. The van der Waals surface area contributed by atoms with Gasteiger partial charge in [0.15, 0.2) is 0 Å². The molecule has 3 N–H and O–H groups in total. The van der Waals surface area contributed by atoms with Crippen molar-refractivity contribution in [2.24, 2.45) is 0 Å². The highest BCUT2D eigenvalue weighted by molar-refractivity contribution is 5.95. The van der Waals surface area contributed by atoms with Crippen LogP contribution in [0.15, 0.2) is 54.6 Å². The SMILES string of the molecule is O=C(CC(NCc1ccccc1)C(=O)O)Nc1ccccc1[N+](=O)[O-]. The van der Waals surface area contributed by atoms with Gasteiger partial charge < -0.3 is 10.4 Å². The normalized spacial score (nSPS) is 11.5. The molecule has 2 aromatic carbocycles. The number of carbonyl (C=O) groups excluding carboxylic acids is 1. The summed E-state index contributed by atoms with van der Waals surface area (Å²) in [6.45, 7) is 0.288. The first-order valence-corrected chi connectivity index (χ1v) is 7.50. The second-order valence-corrected chi connectivity index (χ2v) is 5.28. The van der Waals surface area contributed by atoms with Crippen molar-refractivity contribution in [1.29, 1.82) is 0 Å². The minimum atomic E-state index is -1.17. The first kappa shape index (κ1) is 18.1. The molecule has 0 aromatic heterocycles. The van der Waals surface area contributed by atoms with E-state index in [2.05, 4.69) is 10.6 Å². The summed E-state index contributed by atoms with van der Waals surface area (Å²) in [5.74, 6) is -1.80. The molecular weight excluding hydrogens is 326 g/mol. The second kappa shape index (κ2) is 8.55. The zero-order valence-electron chi connectivity index (χ0n) is 13.2. The Bertz CT molecular complexity index is 764. The maximum absolute atomic E-state index is 12.1. The predicted molar refractivity (Wildman–Crippen MR) is 91.0 cm³/mol. The molecule has 0 bridgehead atoms. The van der Waals surface area contributed by atoms with Crippen LogP contribution in [-0.4, -0.2) is 27.9 Å². The summed E-state index contributed by atoms with van der Waals surface area (Å²) in [6.07, 6.45) is -0.353. The maximum Gasteiger partial charge on any atom is 0.321 e. The van der Waals surface area contributed by atoms with Gasteiger partial charge in [-0.2, -0.15) is 0 Å². The van der Waals surface area contributed by atoms with Gasteiger partial charge in [-0.15, -0.1) is 0 Å². The van der Waals surface area contributed by atoms with Crippen LogP contribution < -0.4 is 10.6 Å². The molecule has 0 saturated carbocycles. The third-order valence-electron chi connectivity index (χ3n) is 3.46. The number of para-hydroxylation sites is 2. The van der Waals surface area contributed by atoms with Crippen LogP contribution in [0, 0.1) is 10.1 Å². The molecule has 25 heavy (non-hydrogen) atoms. The van der Waals surface area contributed by atoms with E-state index >= 15 is 0 Å². The lowest BCUT2D eigenvalue weighted by atomic mass is 10.1. The number of benzene rings is 2. The summed E-state index contributed by atoms with van der Waals surface area (Å²) in [7, 11) is 0. The number of nitrogens with zero attached hydrogens (tertiary/aromatic N) is 1. The molecule has 2 rings (SSSR count). The van der Waals surface area contributed by atoms with Crippen LogP contribution in [0.2, 0.25) is 0 Å². The number of carbonyl (C=O) groups is 2. The van der Waals surface area contributed by atoms with E-state index in [1.807, 2.05) is 30.3 Å². The zero-order valence-corrected chi connectivity index (χ0v) is 13.2. The van der Waals surface area contributed by atoms with Crippen molar-refractivity contribution in [3.63, 3.8) is 0 Å². The van der Waals surface area contributed by atoms with Crippen LogP contribution in [0.4, 0.5) is 11.4 Å². The maximum atomic E-state index is 12.1. The topological polar surface area (TPSA) is 122 Å². The standard InChI is InChI=1S/C17H17N3O5/c21-16(19-13-8-4-5-9-15(13)20(24)25)10-14(17(22)23)18-11-12-6-2-1-3-7-12/h1-9,14,18H,10-11H2,(H,19,21)(H,22,23). The third kappa shape index (κ3) is 5.40. The molecule has 0 aliphatic carbocycles. The number of nitrogens with one attached hydrogen (secondary N) is 2. The molecular formula is C17H17N3O5. The quantitative estimate of drug-likeness (QED) is 0.499. The molecule has 1 amide bonds. The Morgan fingerprint density at radius 2 is 1.72 bits per heavy atom. The van der Waals surface area contributed by atoms with E-state index in [0.29, 0.717) is 0 Å². The van der Waals surface area contributed by atoms with Crippen molar-refractivity contribution < 1.29 is 19.6 Å². The number of nitro benzene ring substituents is 1. The highest BCUT2D eigenvalue weighted by Crippen LogP contribution is 2.23. The van der Waals surface area contributed by atoms with Crippen LogP contribution >= 0.6 is 0 Å². The van der Waals surface area contributed by atoms with Crippen molar-refractivity contribution in [2.75, 3.05) is 5.32 Å². The Morgan fingerprint density at radius 1 is 1.08 bits per heavy atom. The van der Waals surface area contributed by atoms with Crippen molar-refractivity contribution >= 4 is 23.3 Å². The predicted octanol–water partition coefficient (Wildman–Crippen LogP) is 2.17. The Kier molecular flexibility index (Phi) is 6.19. The van der Waals surface area contributed by atoms with E-state index in [9.17, 15) is 24.8 Å². The fourth-order valence-electron chi connectivity index (χ4n) is 2.21. The van der Waals surface area contributed by atoms with Crippen LogP contribution in [0.5, 0.6) is 0 Å². The highest BCUT2D eigenvalue weighted by Gasteiger charge is 2.22. The third-order valence-corrected chi connectivity index (χ3v) is 3.46. The molecule has 130 valence electrons. The molecule has 8 nitrogen and oxygen atoms in total. The van der Waals surface area contributed by atoms with Crippen molar-refractivity contribution in [3.05, 3.63) is 70.3 Å². The summed E-state index contributed by atoms with van der Waals surface area (Å²) in [5.41, 5.74) is 0.664. The smallest absolute Gasteiger partial charge is 0.321 e. The molecule has 8 heteroatoms. The van der Waals surface area contributed by atoms with Gasteiger partial charge in [-0.05, 0) is 11.6 Å². The minimum absolute atomic E-state index is 0.0321. The first-order chi connectivity index (χ1) is 12.0. The van der Waals surface area contributed by atoms with Crippen LogP contribution in [-0.2, 0) is 16.1 Å². The molecule has 0 spiro atoms. The highest BCUT2D eigenvalue weighted by atomic mass is 16.6. The van der Waals surface area contributed by atoms with Crippen LogP contribution in [0.3, 0.4) is 0 Å². The van der Waals surface area contributed by atoms with Gasteiger partial charge in [0.1, 0.15) is 11.7 Å².